The molecule has 1 aliphatic rings. The molecule has 1 fully saturated rings. The summed E-state index contributed by atoms with van der Waals surface area (Å²) in [4.78, 5) is 41.2. The van der Waals surface area contributed by atoms with Gasteiger partial charge in [-0.05, 0) is 62.8 Å². The minimum absolute atomic E-state index is 0.0993. The van der Waals surface area contributed by atoms with E-state index in [2.05, 4.69) is 26.3 Å². The molecule has 0 aliphatic carbocycles. The van der Waals surface area contributed by atoms with E-state index in [0.717, 1.165) is 43.7 Å². The van der Waals surface area contributed by atoms with Gasteiger partial charge in [-0.15, -0.1) is 0 Å². The van der Waals surface area contributed by atoms with E-state index in [-0.39, 0.29) is 17.4 Å². The SMILES string of the molecule is Cc1nc(N)nc(NCCCc2nc3cccc(N4CCC(CCC(=O)NO)CC4)c3c(=O)n2-c2ccccc2)c1C#N. The lowest BCUT2D eigenvalue weighted by atomic mass is 9.91. The summed E-state index contributed by atoms with van der Waals surface area (Å²) in [5.74, 6) is 1.15. The summed E-state index contributed by atoms with van der Waals surface area (Å²) in [6, 6.07) is 17.4. The standard InChI is InChI=1S/C31H35N9O3/c1-20-23(19-32)29(37-31(33)35-20)34-16-6-11-26-36-24-9-5-10-25(28(24)30(42)40(26)22-7-3-2-4-8-22)39-17-14-21(15-18-39)12-13-27(41)38-43/h2-5,7-10,21,43H,6,11-18H2,1H3,(H,38,41)(H3,33,34,35,37). The van der Waals surface area contributed by atoms with Crippen LogP contribution in [0.5, 0.6) is 0 Å². The predicted molar refractivity (Wildman–Crippen MR) is 164 cm³/mol. The zero-order valence-electron chi connectivity index (χ0n) is 24.1. The van der Waals surface area contributed by atoms with E-state index in [9.17, 15) is 14.9 Å². The van der Waals surface area contributed by atoms with Gasteiger partial charge in [-0.25, -0.2) is 15.4 Å². The van der Waals surface area contributed by atoms with Crippen LogP contribution in [-0.2, 0) is 11.2 Å². The molecule has 222 valence electrons. The second-order valence-electron chi connectivity index (χ2n) is 10.7. The van der Waals surface area contributed by atoms with Crippen LogP contribution in [-0.4, -0.2) is 50.3 Å². The number of nitrogens with two attached hydrogens (primary N) is 1. The molecule has 1 saturated heterocycles. The van der Waals surface area contributed by atoms with Crippen LogP contribution in [0.15, 0.2) is 53.3 Å². The second-order valence-corrected chi connectivity index (χ2v) is 10.7. The molecule has 2 aromatic heterocycles. The number of fused-ring (bicyclic) bond motifs is 1. The van der Waals surface area contributed by atoms with Gasteiger partial charge in [0.15, 0.2) is 0 Å². The van der Waals surface area contributed by atoms with E-state index in [1.165, 1.54) is 0 Å². The molecule has 43 heavy (non-hydrogen) atoms. The minimum atomic E-state index is -0.364. The molecule has 3 heterocycles. The predicted octanol–water partition coefficient (Wildman–Crippen LogP) is 3.48. The van der Waals surface area contributed by atoms with Crippen LogP contribution in [0.3, 0.4) is 0 Å². The normalized spacial score (nSPS) is 13.6. The summed E-state index contributed by atoms with van der Waals surface area (Å²) >= 11 is 0. The van der Waals surface area contributed by atoms with Crippen molar-refractivity contribution in [2.75, 3.05) is 35.6 Å². The number of nitrogen functional groups attached to an aromatic ring is 1. The highest BCUT2D eigenvalue weighted by molar-refractivity contribution is 5.91. The number of para-hydroxylation sites is 1. The van der Waals surface area contributed by atoms with Gasteiger partial charge in [0.05, 0.1) is 28.0 Å². The first-order valence-corrected chi connectivity index (χ1v) is 14.5. The number of hydroxylamine groups is 1. The minimum Gasteiger partial charge on any atom is -0.371 e. The summed E-state index contributed by atoms with van der Waals surface area (Å²) in [5, 5.41) is 22.1. The van der Waals surface area contributed by atoms with E-state index in [1.807, 2.05) is 48.5 Å². The molecule has 0 bridgehead atoms. The zero-order chi connectivity index (χ0) is 30.3. The van der Waals surface area contributed by atoms with Gasteiger partial charge in [-0.1, -0.05) is 24.3 Å². The Morgan fingerprint density at radius 1 is 1.12 bits per heavy atom. The van der Waals surface area contributed by atoms with Crippen LogP contribution in [0.25, 0.3) is 16.6 Å². The molecule has 5 rings (SSSR count). The number of aryl methyl sites for hydroxylation is 2. The fourth-order valence-electron chi connectivity index (χ4n) is 5.70. The Hall–Kier alpha value is -5.02. The number of hydrogen-bond donors (Lipinski definition) is 4. The van der Waals surface area contributed by atoms with E-state index >= 15 is 0 Å². The third-order valence-electron chi connectivity index (χ3n) is 7.91. The average molecular weight is 582 g/mol. The Morgan fingerprint density at radius 2 is 1.88 bits per heavy atom. The van der Waals surface area contributed by atoms with Gasteiger partial charge in [0.1, 0.15) is 23.3 Å². The van der Waals surface area contributed by atoms with Crippen molar-refractivity contribution < 1.29 is 10.0 Å². The number of carbonyl (C=O) groups is 1. The molecule has 2 aromatic carbocycles. The number of carbonyl (C=O) groups excluding carboxylic acids is 1. The zero-order valence-corrected chi connectivity index (χ0v) is 24.1. The van der Waals surface area contributed by atoms with Gasteiger partial charge in [0.25, 0.3) is 5.56 Å². The first-order chi connectivity index (χ1) is 20.9. The molecule has 1 amide bonds. The molecule has 0 atom stereocenters. The Labute approximate surface area is 249 Å². The fourth-order valence-corrected chi connectivity index (χ4v) is 5.70. The Morgan fingerprint density at radius 3 is 2.60 bits per heavy atom. The van der Waals surface area contributed by atoms with Crippen molar-refractivity contribution in [2.24, 2.45) is 5.92 Å². The monoisotopic (exact) mass is 581 g/mol. The summed E-state index contributed by atoms with van der Waals surface area (Å²) < 4.78 is 1.69. The maximum absolute atomic E-state index is 14.2. The van der Waals surface area contributed by atoms with Crippen LogP contribution >= 0.6 is 0 Å². The lowest BCUT2D eigenvalue weighted by Crippen LogP contribution is -2.35. The lowest BCUT2D eigenvalue weighted by Gasteiger charge is -2.34. The summed E-state index contributed by atoms with van der Waals surface area (Å²) in [7, 11) is 0. The largest absolute Gasteiger partial charge is 0.371 e. The number of benzene rings is 2. The first-order valence-electron chi connectivity index (χ1n) is 14.5. The van der Waals surface area contributed by atoms with Crippen molar-refractivity contribution in [3.05, 3.63) is 76.0 Å². The number of nitriles is 1. The number of amides is 1. The lowest BCUT2D eigenvalue weighted by molar-refractivity contribution is -0.129. The molecule has 12 nitrogen and oxygen atoms in total. The van der Waals surface area contributed by atoms with Crippen LogP contribution in [0.1, 0.15) is 49.2 Å². The van der Waals surface area contributed by atoms with Gasteiger partial charge in [-0.3, -0.25) is 19.4 Å². The Bertz CT molecular complexity index is 1710. The summed E-state index contributed by atoms with van der Waals surface area (Å²) in [6.45, 7) is 3.73. The number of nitrogens with zero attached hydrogens (tertiary/aromatic N) is 6. The second kappa shape index (κ2) is 13.3. The van der Waals surface area contributed by atoms with Gasteiger partial charge in [-0.2, -0.15) is 10.2 Å². The number of hydrogen-bond acceptors (Lipinski definition) is 10. The smallest absolute Gasteiger partial charge is 0.268 e. The molecule has 12 heteroatoms. The molecule has 5 N–H and O–H groups in total. The third-order valence-corrected chi connectivity index (χ3v) is 7.91. The summed E-state index contributed by atoms with van der Waals surface area (Å²) in [5.41, 5.74) is 10.5. The topological polar surface area (TPSA) is 175 Å². The fraction of sp³-hybridized carbons (Fsp3) is 0.355. The van der Waals surface area contributed by atoms with E-state index < -0.39 is 0 Å². The van der Waals surface area contributed by atoms with Crippen LogP contribution in [0, 0.1) is 24.2 Å². The Kier molecular flexibility index (Phi) is 9.12. The van der Waals surface area contributed by atoms with E-state index in [4.69, 9.17) is 15.9 Å². The van der Waals surface area contributed by atoms with Crippen molar-refractivity contribution in [1.29, 1.82) is 5.26 Å². The molecular weight excluding hydrogens is 546 g/mol. The maximum atomic E-state index is 14.2. The number of anilines is 3. The highest BCUT2D eigenvalue weighted by Crippen LogP contribution is 2.30. The van der Waals surface area contributed by atoms with Crippen molar-refractivity contribution in [2.45, 2.75) is 45.4 Å². The molecule has 0 saturated carbocycles. The number of piperidine rings is 1. The average Bonchev–Trinajstić information content (AvgIpc) is 3.02. The molecule has 0 unspecified atom stereocenters. The van der Waals surface area contributed by atoms with Gasteiger partial charge >= 0.3 is 0 Å². The highest BCUT2D eigenvalue weighted by Gasteiger charge is 2.24. The first kappa shape index (κ1) is 29.5. The van der Waals surface area contributed by atoms with Crippen molar-refractivity contribution >= 4 is 34.3 Å². The Balaban J connectivity index is 1.40. The van der Waals surface area contributed by atoms with Crippen LogP contribution < -0.4 is 27.0 Å². The third kappa shape index (κ3) is 6.57. The summed E-state index contributed by atoms with van der Waals surface area (Å²) in [6.07, 6.45) is 3.94. The molecular formula is C31H35N9O3. The number of nitrogens with one attached hydrogen (secondary N) is 2. The van der Waals surface area contributed by atoms with Crippen molar-refractivity contribution in [1.82, 2.24) is 25.0 Å². The maximum Gasteiger partial charge on any atom is 0.268 e. The van der Waals surface area contributed by atoms with Gasteiger partial charge in [0, 0.05) is 32.5 Å². The van der Waals surface area contributed by atoms with Crippen LogP contribution in [0.4, 0.5) is 17.5 Å². The molecule has 0 spiro atoms. The van der Waals surface area contributed by atoms with Gasteiger partial charge in [0.2, 0.25) is 11.9 Å². The van der Waals surface area contributed by atoms with E-state index in [1.54, 1.807) is 17.0 Å². The molecule has 0 radical (unpaired) electrons. The van der Waals surface area contributed by atoms with Gasteiger partial charge < -0.3 is 16.0 Å². The highest BCUT2D eigenvalue weighted by atomic mass is 16.5. The van der Waals surface area contributed by atoms with Crippen molar-refractivity contribution in [3.8, 4) is 11.8 Å². The van der Waals surface area contributed by atoms with E-state index in [0.29, 0.717) is 65.5 Å². The molecule has 1 aliphatic heterocycles. The van der Waals surface area contributed by atoms with Crippen LogP contribution in [0.2, 0.25) is 0 Å². The quantitative estimate of drug-likeness (QED) is 0.123. The number of aromatic nitrogens is 4. The molecule has 4 aromatic rings. The number of rotatable bonds is 10. The van der Waals surface area contributed by atoms with Crippen molar-refractivity contribution in [3.63, 3.8) is 0 Å².